The van der Waals surface area contributed by atoms with Crippen LogP contribution in [0.25, 0.3) is 0 Å². The van der Waals surface area contributed by atoms with Crippen molar-refractivity contribution in [2.24, 2.45) is 0 Å². The molecule has 1 aliphatic rings. The second-order valence-corrected chi connectivity index (χ2v) is 4.49. The molecule has 2 aromatic carbocycles. The molecule has 0 radical (unpaired) electrons. The quantitative estimate of drug-likeness (QED) is 0.694. The van der Waals surface area contributed by atoms with Crippen LogP contribution in [0.15, 0.2) is 66.4 Å². The molecule has 0 fully saturated rings. The van der Waals surface area contributed by atoms with E-state index in [1.54, 1.807) is 0 Å². The molecule has 0 unspecified atom stereocenters. The Bertz CT molecular complexity index is 555. The first kappa shape index (κ1) is 10.2. The van der Waals surface area contributed by atoms with Gasteiger partial charge < -0.3 is 4.90 Å². The summed E-state index contributed by atoms with van der Waals surface area (Å²) in [6, 6.07) is 19.1. The van der Waals surface area contributed by atoms with Crippen molar-refractivity contribution in [3.8, 4) is 0 Å². The van der Waals surface area contributed by atoms with E-state index < -0.39 is 0 Å². The number of benzene rings is 2. The van der Waals surface area contributed by atoms with Gasteiger partial charge in [-0.15, -0.1) is 0 Å². The Labute approximate surface area is 102 Å². The molecular formula is C16H15N. The zero-order valence-corrected chi connectivity index (χ0v) is 9.93. The van der Waals surface area contributed by atoms with Gasteiger partial charge in [-0.2, -0.15) is 0 Å². The molecule has 0 bridgehead atoms. The van der Waals surface area contributed by atoms with E-state index in [9.17, 15) is 0 Å². The molecule has 0 aromatic heterocycles. The van der Waals surface area contributed by atoms with Crippen molar-refractivity contribution in [3.05, 3.63) is 71.9 Å². The maximum absolute atomic E-state index is 2.27. The maximum atomic E-state index is 2.27. The highest BCUT2D eigenvalue weighted by Crippen LogP contribution is 2.34. The smallest absolute Gasteiger partial charge is 0.0490 e. The fraction of sp³-hybridized carbons (Fsp3) is 0.125. The first-order valence-electron chi connectivity index (χ1n) is 5.94. The molecule has 0 N–H and O–H groups in total. The predicted octanol–water partition coefficient (Wildman–Crippen LogP) is 4.28. The summed E-state index contributed by atoms with van der Waals surface area (Å²) in [7, 11) is 0. The topological polar surface area (TPSA) is 3.24 Å². The third-order valence-electron chi connectivity index (χ3n) is 3.10. The number of para-hydroxylation sites is 2. The van der Waals surface area contributed by atoms with E-state index in [0.717, 1.165) is 6.42 Å². The number of hydrogen-bond donors (Lipinski definition) is 0. The van der Waals surface area contributed by atoms with Crippen molar-refractivity contribution < 1.29 is 0 Å². The monoisotopic (exact) mass is 221 g/mol. The molecule has 0 amide bonds. The van der Waals surface area contributed by atoms with Crippen LogP contribution in [0.3, 0.4) is 0 Å². The van der Waals surface area contributed by atoms with Crippen LogP contribution in [0.4, 0.5) is 11.4 Å². The van der Waals surface area contributed by atoms with Crippen molar-refractivity contribution in [2.75, 3.05) is 4.90 Å². The summed E-state index contributed by atoms with van der Waals surface area (Å²) in [5.41, 5.74) is 5.31. The van der Waals surface area contributed by atoms with Gasteiger partial charge in [-0.1, -0.05) is 42.0 Å². The molecule has 1 nitrogen and oxygen atoms in total. The van der Waals surface area contributed by atoms with Crippen LogP contribution in [0.2, 0.25) is 0 Å². The van der Waals surface area contributed by atoms with Gasteiger partial charge in [-0.3, -0.25) is 0 Å². The molecule has 0 saturated carbocycles. The lowest BCUT2D eigenvalue weighted by molar-refractivity contribution is 1.05. The molecule has 1 heteroatoms. The van der Waals surface area contributed by atoms with Crippen LogP contribution in [0.1, 0.15) is 12.5 Å². The van der Waals surface area contributed by atoms with Crippen LogP contribution in [-0.2, 0) is 6.42 Å². The van der Waals surface area contributed by atoms with Crippen LogP contribution < -0.4 is 4.90 Å². The molecule has 0 spiro atoms. The van der Waals surface area contributed by atoms with Crippen molar-refractivity contribution in [1.29, 1.82) is 0 Å². The molecule has 0 saturated heterocycles. The van der Waals surface area contributed by atoms with E-state index in [0.29, 0.717) is 0 Å². The standard InChI is InChI=1S/C16H15N/c1-13-11-14-7-5-6-10-16(14)17(12-13)15-8-3-2-4-9-15/h2-10,12H,11H2,1H3. The summed E-state index contributed by atoms with van der Waals surface area (Å²) in [5.74, 6) is 0. The predicted molar refractivity (Wildman–Crippen MR) is 72.5 cm³/mol. The lowest BCUT2D eigenvalue weighted by atomic mass is 10.00. The third-order valence-corrected chi connectivity index (χ3v) is 3.10. The highest BCUT2D eigenvalue weighted by molar-refractivity contribution is 5.71. The second kappa shape index (κ2) is 4.10. The van der Waals surface area contributed by atoms with E-state index >= 15 is 0 Å². The number of fused-ring (bicyclic) bond motifs is 1. The van der Waals surface area contributed by atoms with Gasteiger partial charge >= 0.3 is 0 Å². The SMILES string of the molecule is CC1=CN(c2ccccc2)c2ccccc2C1. The molecule has 2 aromatic rings. The Morgan fingerprint density at radius 3 is 2.41 bits per heavy atom. The van der Waals surface area contributed by atoms with Gasteiger partial charge in [0.15, 0.2) is 0 Å². The summed E-state index contributed by atoms with van der Waals surface area (Å²) in [4.78, 5) is 2.27. The van der Waals surface area contributed by atoms with Crippen LogP contribution in [0.5, 0.6) is 0 Å². The first-order chi connectivity index (χ1) is 8.34. The largest absolute Gasteiger partial charge is 0.317 e. The molecule has 0 aliphatic carbocycles. The fourth-order valence-electron chi connectivity index (χ4n) is 2.33. The fourth-order valence-corrected chi connectivity index (χ4v) is 2.33. The van der Waals surface area contributed by atoms with E-state index in [4.69, 9.17) is 0 Å². The Hall–Kier alpha value is -2.02. The van der Waals surface area contributed by atoms with Gasteiger partial charge in [0.25, 0.3) is 0 Å². The normalized spacial score (nSPS) is 14.2. The van der Waals surface area contributed by atoms with Gasteiger partial charge in [0.05, 0.1) is 0 Å². The summed E-state index contributed by atoms with van der Waals surface area (Å²) >= 11 is 0. The Morgan fingerprint density at radius 1 is 0.882 bits per heavy atom. The van der Waals surface area contributed by atoms with Gasteiger partial charge in [0.2, 0.25) is 0 Å². The van der Waals surface area contributed by atoms with Crippen LogP contribution in [0, 0.1) is 0 Å². The molecular weight excluding hydrogens is 206 g/mol. The third kappa shape index (κ3) is 1.84. The average molecular weight is 221 g/mol. The summed E-state index contributed by atoms with van der Waals surface area (Å²) in [6.07, 6.45) is 3.29. The summed E-state index contributed by atoms with van der Waals surface area (Å²) in [6.45, 7) is 2.19. The zero-order valence-electron chi connectivity index (χ0n) is 9.93. The Morgan fingerprint density at radius 2 is 1.59 bits per heavy atom. The van der Waals surface area contributed by atoms with E-state index in [1.807, 2.05) is 0 Å². The second-order valence-electron chi connectivity index (χ2n) is 4.49. The number of anilines is 2. The zero-order chi connectivity index (χ0) is 11.7. The minimum absolute atomic E-state index is 1.06. The Balaban J connectivity index is 2.12. The van der Waals surface area contributed by atoms with E-state index in [1.165, 1.54) is 22.5 Å². The minimum atomic E-state index is 1.06. The lowest BCUT2D eigenvalue weighted by Gasteiger charge is -2.28. The molecule has 17 heavy (non-hydrogen) atoms. The van der Waals surface area contributed by atoms with Gasteiger partial charge in [0, 0.05) is 17.6 Å². The molecule has 1 aliphatic heterocycles. The maximum Gasteiger partial charge on any atom is 0.0490 e. The summed E-state index contributed by atoms with van der Waals surface area (Å²) < 4.78 is 0. The molecule has 0 atom stereocenters. The number of rotatable bonds is 1. The van der Waals surface area contributed by atoms with Crippen molar-refractivity contribution >= 4 is 11.4 Å². The summed E-state index contributed by atoms with van der Waals surface area (Å²) in [5, 5.41) is 0. The number of allylic oxidation sites excluding steroid dienone is 1. The van der Waals surface area contributed by atoms with Gasteiger partial charge in [0.1, 0.15) is 0 Å². The van der Waals surface area contributed by atoms with E-state index in [-0.39, 0.29) is 0 Å². The highest BCUT2D eigenvalue weighted by Gasteiger charge is 2.15. The molecule has 84 valence electrons. The van der Waals surface area contributed by atoms with Crippen molar-refractivity contribution in [1.82, 2.24) is 0 Å². The number of hydrogen-bond acceptors (Lipinski definition) is 1. The van der Waals surface area contributed by atoms with Crippen LogP contribution >= 0.6 is 0 Å². The minimum Gasteiger partial charge on any atom is -0.317 e. The first-order valence-corrected chi connectivity index (χ1v) is 5.94. The van der Waals surface area contributed by atoms with Crippen molar-refractivity contribution in [3.63, 3.8) is 0 Å². The number of nitrogens with zero attached hydrogens (tertiary/aromatic N) is 1. The Kier molecular flexibility index (Phi) is 2.45. The molecule has 1 heterocycles. The van der Waals surface area contributed by atoms with Gasteiger partial charge in [-0.25, -0.2) is 0 Å². The average Bonchev–Trinajstić information content (AvgIpc) is 2.39. The van der Waals surface area contributed by atoms with E-state index in [2.05, 4.69) is 72.6 Å². The lowest BCUT2D eigenvalue weighted by Crippen LogP contribution is -2.16. The van der Waals surface area contributed by atoms with Gasteiger partial charge in [-0.05, 0) is 37.1 Å². The van der Waals surface area contributed by atoms with Crippen LogP contribution in [-0.4, -0.2) is 0 Å². The highest BCUT2D eigenvalue weighted by atomic mass is 15.1. The molecule has 3 rings (SSSR count). The van der Waals surface area contributed by atoms with Crippen molar-refractivity contribution in [2.45, 2.75) is 13.3 Å².